The number of carbonyl (C=O) groups is 2. The van der Waals surface area contributed by atoms with Gasteiger partial charge in [0.1, 0.15) is 17.2 Å². The first-order chi connectivity index (χ1) is 17.6. The maximum atomic E-state index is 14.1. The van der Waals surface area contributed by atoms with E-state index in [4.69, 9.17) is 0 Å². The van der Waals surface area contributed by atoms with Gasteiger partial charge < -0.3 is 14.7 Å². The monoisotopic (exact) mass is 533 g/mol. The van der Waals surface area contributed by atoms with Crippen LogP contribution in [0.3, 0.4) is 0 Å². The zero-order valence-corrected chi connectivity index (χ0v) is 21.1. The average molecular weight is 534 g/mol. The summed E-state index contributed by atoms with van der Waals surface area (Å²) in [4.78, 5) is 49.1. The van der Waals surface area contributed by atoms with Crippen molar-refractivity contribution < 1.29 is 22.8 Å². The number of anilines is 1. The molecule has 5 rings (SSSR count). The van der Waals surface area contributed by atoms with Gasteiger partial charge in [-0.2, -0.15) is 0 Å². The molecule has 0 aliphatic carbocycles. The van der Waals surface area contributed by atoms with E-state index in [0.717, 1.165) is 11.3 Å². The maximum Gasteiger partial charge on any atom is 0.264 e. The minimum atomic E-state index is -2.77. The molecule has 2 aromatic heterocycles. The molecular formula is C25H26F3N5O3S. The van der Waals surface area contributed by atoms with Crippen molar-refractivity contribution in [1.82, 2.24) is 19.4 Å². The zero-order chi connectivity index (χ0) is 26.3. The molecule has 2 fully saturated rings. The standard InChI is InChI=1S/C25H26F3N5O3S/c1-16-20-22(37-21(16)24(36)32-8-6-25(27,28)7-9-32)29-15-33(23(20)35)14-19(34)31-12-10-30(11-13-31)18-5-3-2-4-17(18)26/h2-5,15H,6-14H2,1H3. The Hall–Kier alpha value is -3.41. The van der Waals surface area contributed by atoms with E-state index < -0.39 is 11.5 Å². The number of alkyl halides is 2. The summed E-state index contributed by atoms with van der Waals surface area (Å²) in [6.45, 7) is 3.06. The molecule has 196 valence electrons. The molecule has 8 nitrogen and oxygen atoms in total. The minimum absolute atomic E-state index is 0.0458. The molecule has 3 aromatic rings. The summed E-state index contributed by atoms with van der Waals surface area (Å²) in [6, 6.07) is 6.50. The van der Waals surface area contributed by atoms with Gasteiger partial charge in [0.15, 0.2) is 0 Å². The SMILES string of the molecule is Cc1c(C(=O)N2CCC(F)(F)CC2)sc2ncn(CC(=O)N3CCN(c4ccccc4F)CC3)c(=O)c12. The maximum absolute atomic E-state index is 14.1. The lowest BCUT2D eigenvalue weighted by Crippen LogP contribution is -2.50. The Labute approximate surface area is 214 Å². The molecule has 37 heavy (non-hydrogen) atoms. The minimum Gasteiger partial charge on any atom is -0.366 e. The number of amides is 2. The van der Waals surface area contributed by atoms with Crippen LogP contribution in [0.1, 0.15) is 28.1 Å². The van der Waals surface area contributed by atoms with Gasteiger partial charge in [-0.25, -0.2) is 18.2 Å². The van der Waals surface area contributed by atoms with Crippen molar-refractivity contribution in [2.75, 3.05) is 44.2 Å². The van der Waals surface area contributed by atoms with E-state index in [0.29, 0.717) is 47.1 Å². The third kappa shape index (κ3) is 4.94. The molecule has 0 saturated carbocycles. The Kier molecular flexibility index (Phi) is 6.69. The van der Waals surface area contributed by atoms with E-state index in [1.54, 1.807) is 30.0 Å². The number of halogens is 3. The van der Waals surface area contributed by atoms with Crippen LogP contribution >= 0.6 is 11.3 Å². The van der Waals surface area contributed by atoms with Gasteiger partial charge in [-0.15, -0.1) is 11.3 Å². The van der Waals surface area contributed by atoms with Gasteiger partial charge in [0, 0.05) is 52.1 Å². The summed E-state index contributed by atoms with van der Waals surface area (Å²) in [7, 11) is 0. The van der Waals surface area contributed by atoms with Gasteiger partial charge in [-0.1, -0.05) is 12.1 Å². The lowest BCUT2D eigenvalue weighted by molar-refractivity contribution is -0.132. The van der Waals surface area contributed by atoms with Gasteiger partial charge in [-0.05, 0) is 24.6 Å². The molecule has 0 N–H and O–H groups in total. The Balaban J connectivity index is 1.29. The molecule has 2 saturated heterocycles. The average Bonchev–Trinajstić information content (AvgIpc) is 3.22. The Morgan fingerprint density at radius 2 is 1.70 bits per heavy atom. The number of thiophene rings is 1. The van der Waals surface area contributed by atoms with Crippen LogP contribution in [-0.4, -0.2) is 76.4 Å². The lowest BCUT2D eigenvalue weighted by Gasteiger charge is -2.36. The molecular weight excluding hydrogens is 507 g/mol. The Bertz CT molecular complexity index is 1400. The lowest BCUT2D eigenvalue weighted by atomic mass is 10.1. The van der Waals surface area contributed by atoms with Crippen LogP contribution in [0.15, 0.2) is 35.4 Å². The second-order valence-corrected chi connectivity index (χ2v) is 10.4. The van der Waals surface area contributed by atoms with Crippen LogP contribution in [0, 0.1) is 12.7 Å². The first-order valence-electron chi connectivity index (χ1n) is 12.1. The first kappa shape index (κ1) is 25.2. The number of aromatic nitrogens is 2. The van der Waals surface area contributed by atoms with Gasteiger partial charge in [0.05, 0.1) is 22.3 Å². The van der Waals surface area contributed by atoms with Crippen LogP contribution in [0.4, 0.5) is 18.9 Å². The van der Waals surface area contributed by atoms with Crippen LogP contribution in [-0.2, 0) is 11.3 Å². The van der Waals surface area contributed by atoms with E-state index in [9.17, 15) is 27.6 Å². The van der Waals surface area contributed by atoms with Crippen molar-refractivity contribution in [3.8, 4) is 0 Å². The molecule has 0 unspecified atom stereocenters. The van der Waals surface area contributed by atoms with Crippen molar-refractivity contribution >= 4 is 39.1 Å². The van der Waals surface area contributed by atoms with Crippen LogP contribution in [0.5, 0.6) is 0 Å². The van der Waals surface area contributed by atoms with Crippen molar-refractivity contribution in [1.29, 1.82) is 0 Å². The summed E-state index contributed by atoms with van der Waals surface area (Å²) in [5.74, 6) is -3.71. The quantitative estimate of drug-likeness (QED) is 0.515. The van der Waals surface area contributed by atoms with Crippen LogP contribution in [0.2, 0.25) is 0 Å². The normalized spacial score (nSPS) is 17.9. The number of fused-ring (bicyclic) bond motifs is 1. The van der Waals surface area contributed by atoms with Crippen molar-refractivity contribution in [3.63, 3.8) is 0 Å². The summed E-state index contributed by atoms with van der Waals surface area (Å²) in [5, 5.41) is 0.260. The topological polar surface area (TPSA) is 78.8 Å². The number of piperazine rings is 1. The van der Waals surface area contributed by atoms with E-state index in [1.165, 1.54) is 21.9 Å². The Morgan fingerprint density at radius 3 is 2.38 bits per heavy atom. The molecule has 0 spiro atoms. The van der Waals surface area contributed by atoms with E-state index in [1.807, 2.05) is 4.90 Å². The van der Waals surface area contributed by atoms with Gasteiger partial charge in [0.25, 0.3) is 17.4 Å². The largest absolute Gasteiger partial charge is 0.366 e. The molecule has 2 aliphatic heterocycles. The number of hydrogen-bond acceptors (Lipinski definition) is 6. The van der Waals surface area contributed by atoms with Crippen molar-refractivity contribution in [2.24, 2.45) is 0 Å². The molecule has 2 amide bonds. The molecule has 2 aliphatic rings. The Morgan fingerprint density at radius 1 is 1.03 bits per heavy atom. The highest BCUT2D eigenvalue weighted by Crippen LogP contribution is 2.32. The molecule has 4 heterocycles. The third-order valence-corrected chi connectivity index (χ3v) is 8.21. The number of para-hydroxylation sites is 1. The number of likely N-dealkylation sites (tertiary alicyclic amines) is 1. The summed E-state index contributed by atoms with van der Waals surface area (Å²) in [6.07, 6.45) is 0.526. The number of rotatable bonds is 4. The number of aryl methyl sites for hydroxylation is 1. The smallest absolute Gasteiger partial charge is 0.264 e. The molecule has 0 radical (unpaired) electrons. The summed E-state index contributed by atoms with van der Waals surface area (Å²) < 4.78 is 42.3. The number of nitrogens with zero attached hydrogens (tertiary/aromatic N) is 5. The van der Waals surface area contributed by atoms with Crippen molar-refractivity contribution in [2.45, 2.75) is 32.2 Å². The fourth-order valence-corrected chi connectivity index (χ4v) is 5.91. The van der Waals surface area contributed by atoms with Crippen molar-refractivity contribution in [3.05, 3.63) is 57.2 Å². The second kappa shape index (κ2) is 9.81. The molecule has 1 aromatic carbocycles. The predicted molar refractivity (Wildman–Crippen MR) is 134 cm³/mol. The van der Waals surface area contributed by atoms with E-state index in [2.05, 4.69) is 4.98 Å². The van der Waals surface area contributed by atoms with Gasteiger partial charge in [0.2, 0.25) is 5.91 Å². The van der Waals surface area contributed by atoms with Gasteiger partial charge in [-0.3, -0.25) is 19.0 Å². The third-order valence-electron chi connectivity index (χ3n) is 7.02. The predicted octanol–water partition coefficient (Wildman–Crippen LogP) is 3.13. The van der Waals surface area contributed by atoms with E-state index in [-0.39, 0.29) is 55.5 Å². The summed E-state index contributed by atoms with van der Waals surface area (Å²) in [5.41, 5.74) is 0.512. The molecule has 0 bridgehead atoms. The van der Waals surface area contributed by atoms with E-state index >= 15 is 0 Å². The van der Waals surface area contributed by atoms with Gasteiger partial charge >= 0.3 is 0 Å². The summed E-state index contributed by atoms with van der Waals surface area (Å²) >= 11 is 1.06. The highest BCUT2D eigenvalue weighted by molar-refractivity contribution is 7.20. The number of hydrogen-bond donors (Lipinski definition) is 0. The highest BCUT2D eigenvalue weighted by atomic mass is 32.1. The molecule has 0 atom stereocenters. The fourth-order valence-electron chi connectivity index (χ4n) is 4.81. The number of benzene rings is 1. The number of piperidine rings is 1. The zero-order valence-electron chi connectivity index (χ0n) is 20.3. The van der Waals surface area contributed by atoms with Crippen LogP contribution < -0.4 is 10.5 Å². The second-order valence-electron chi connectivity index (χ2n) is 9.38. The number of carbonyl (C=O) groups excluding carboxylic acids is 2. The van der Waals surface area contributed by atoms with Crippen LogP contribution in [0.25, 0.3) is 10.2 Å². The highest BCUT2D eigenvalue weighted by Gasteiger charge is 2.36. The first-order valence-corrected chi connectivity index (χ1v) is 12.9. The molecule has 12 heteroatoms. The fraction of sp³-hybridized carbons (Fsp3) is 0.440.